The first-order chi connectivity index (χ1) is 32.2. The third-order valence-corrected chi connectivity index (χ3v) is 13.0. The summed E-state index contributed by atoms with van der Waals surface area (Å²) in [6.07, 6.45) is 0. The largest absolute Gasteiger partial charge is 0.309 e. The van der Waals surface area contributed by atoms with Gasteiger partial charge >= 0.3 is 0 Å². The lowest BCUT2D eigenvalue weighted by Crippen LogP contribution is -2.00. The number of hydrogen-bond donors (Lipinski definition) is 0. The van der Waals surface area contributed by atoms with Crippen LogP contribution >= 0.6 is 0 Å². The predicted octanol–water partition coefficient (Wildman–Crippen LogP) is 15.9. The summed E-state index contributed by atoms with van der Waals surface area (Å²) in [5.41, 5.74) is 17.9. The van der Waals surface area contributed by atoms with Gasteiger partial charge in [0.15, 0.2) is 0 Å². The molecule has 0 aliphatic carbocycles. The lowest BCUT2D eigenvalue weighted by atomic mass is 9.92. The van der Waals surface area contributed by atoms with E-state index in [1.165, 1.54) is 49.2 Å². The average molecular weight is 829 g/mol. The molecule has 0 aliphatic heterocycles. The van der Waals surface area contributed by atoms with E-state index in [1.54, 1.807) is 0 Å². The van der Waals surface area contributed by atoms with E-state index in [0.717, 1.165) is 67.3 Å². The van der Waals surface area contributed by atoms with Crippen LogP contribution in [0.3, 0.4) is 0 Å². The highest BCUT2D eigenvalue weighted by Gasteiger charge is 2.19. The zero-order valence-electron chi connectivity index (χ0n) is 35.4. The summed E-state index contributed by atoms with van der Waals surface area (Å²) in [5.74, 6) is 0.911. The lowest BCUT2D eigenvalue weighted by Gasteiger charge is -2.17. The quantitative estimate of drug-likeness (QED) is 0.157. The second-order valence-electron chi connectivity index (χ2n) is 16.8. The standard InChI is InChI=1S/C61H40N4/c1-3-18-41(19-4-1)44-35-45(42-20-17-21-43(34-42)61-62-55-28-11-16-33-60(55)65(61)48-22-5-2-6-23-48)37-46(36-44)47-38-49(63-56-29-12-7-24-51(56)52-25-8-13-30-57(52)63)40-50(39-47)64-58-31-14-9-26-53(58)54-27-10-15-32-59(54)64/h1-40H. The Morgan fingerprint density at radius 3 is 1.17 bits per heavy atom. The minimum atomic E-state index is 0.911. The Balaban J connectivity index is 1.06. The molecule has 0 saturated heterocycles. The van der Waals surface area contributed by atoms with Crippen molar-refractivity contribution in [3.63, 3.8) is 0 Å². The molecule has 3 aromatic heterocycles. The highest BCUT2D eigenvalue weighted by Crippen LogP contribution is 2.40. The van der Waals surface area contributed by atoms with E-state index in [-0.39, 0.29) is 0 Å². The van der Waals surface area contributed by atoms with Gasteiger partial charge in [-0.25, -0.2) is 4.98 Å². The Hall–Kier alpha value is -8.73. The van der Waals surface area contributed by atoms with Crippen LogP contribution in [0.2, 0.25) is 0 Å². The van der Waals surface area contributed by atoms with Gasteiger partial charge in [0.25, 0.3) is 0 Å². The van der Waals surface area contributed by atoms with Gasteiger partial charge in [0.2, 0.25) is 0 Å². The summed E-state index contributed by atoms with van der Waals surface area (Å²) in [7, 11) is 0. The molecule has 0 spiro atoms. The van der Waals surface area contributed by atoms with E-state index in [2.05, 4.69) is 256 Å². The van der Waals surface area contributed by atoms with Crippen molar-refractivity contribution in [2.75, 3.05) is 0 Å². The highest BCUT2D eigenvalue weighted by molar-refractivity contribution is 6.11. The number of aromatic nitrogens is 4. The van der Waals surface area contributed by atoms with E-state index in [4.69, 9.17) is 4.98 Å². The van der Waals surface area contributed by atoms with E-state index in [9.17, 15) is 0 Å². The van der Waals surface area contributed by atoms with Crippen molar-refractivity contribution in [1.82, 2.24) is 18.7 Å². The van der Waals surface area contributed by atoms with Gasteiger partial charge in [-0.05, 0) is 124 Å². The van der Waals surface area contributed by atoms with E-state index in [1.807, 2.05) is 0 Å². The van der Waals surface area contributed by atoms with Crippen LogP contribution < -0.4 is 0 Å². The summed E-state index contributed by atoms with van der Waals surface area (Å²) < 4.78 is 7.15. The fourth-order valence-electron chi connectivity index (χ4n) is 10.1. The van der Waals surface area contributed by atoms with Crippen molar-refractivity contribution >= 4 is 54.6 Å². The molecule has 0 fully saturated rings. The molecule has 65 heavy (non-hydrogen) atoms. The van der Waals surface area contributed by atoms with Crippen molar-refractivity contribution in [3.05, 3.63) is 243 Å². The molecule has 0 atom stereocenters. The number of fused-ring (bicyclic) bond motifs is 7. The maximum Gasteiger partial charge on any atom is 0.145 e. The average Bonchev–Trinajstić information content (AvgIpc) is 4.05. The second kappa shape index (κ2) is 15.0. The van der Waals surface area contributed by atoms with Gasteiger partial charge in [-0.3, -0.25) is 4.57 Å². The van der Waals surface area contributed by atoms with Crippen molar-refractivity contribution in [1.29, 1.82) is 0 Å². The molecule has 0 saturated carbocycles. The number of rotatable bonds is 7. The Kier molecular flexibility index (Phi) is 8.50. The van der Waals surface area contributed by atoms with Gasteiger partial charge in [0, 0.05) is 44.2 Å². The van der Waals surface area contributed by atoms with Gasteiger partial charge in [0.05, 0.1) is 33.1 Å². The summed E-state index contributed by atoms with van der Waals surface area (Å²) in [5, 5.41) is 4.95. The highest BCUT2D eigenvalue weighted by atomic mass is 15.1. The third-order valence-electron chi connectivity index (χ3n) is 13.0. The lowest BCUT2D eigenvalue weighted by molar-refractivity contribution is 1.10. The van der Waals surface area contributed by atoms with Gasteiger partial charge in [-0.2, -0.15) is 0 Å². The first-order valence-electron chi connectivity index (χ1n) is 22.2. The SMILES string of the molecule is c1ccc(-c2cc(-c3cccc(-c4nc5ccccc5n4-c4ccccc4)c3)cc(-c3cc(-n4c5ccccc5c5ccccc54)cc(-n4c5ccccc5c5ccccc54)c3)c2)cc1. The summed E-state index contributed by atoms with van der Waals surface area (Å²) in [6, 6.07) is 87.8. The Bertz CT molecular complexity index is 3710. The van der Waals surface area contributed by atoms with Crippen LogP contribution in [-0.2, 0) is 0 Å². The molecular formula is C61H40N4. The summed E-state index contributed by atoms with van der Waals surface area (Å²) >= 11 is 0. The maximum atomic E-state index is 5.24. The molecular weight excluding hydrogens is 789 g/mol. The molecule has 10 aromatic carbocycles. The molecule has 0 amide bonds. The van der Waals surface area contributed by atoms with Crippen molar-refractivity contribution in [2.45, 2.75) is 0 Å². The van der Waals surface area contributed by atoms with Crippen LogP contribution in [0, 0.1) is 0 Å². The molecule has 0 bridgehead atoms. The van der Waals surface area contributed by atoms with Crippen molar-refractivity contribution in [2.24, 2.45) is 0 Å². The Morgan fingerprint density at radius 2 is 0.615 bits per heavy atom. The minimum absolute atomic E-state index is 0.911. The van der Waals surface area contributed by atoms with Crippen molar-refractivity contribution in [3.8, 4) is 61.8 Å². The first kappa shape index (κ1) is 36.9. The van der Waals surface area contributed by atoms with Gasteiger partial charge < -0.3 is 9.13 Å². The molecule has 3 heterocycles. The zero-order valence-corrected chi connectivity index (χ0v) is 35.4. The second-order valence-corrected chi connectivity index (χ2v) is 16.8. The molecule has 13 rings (SSSR count). The zero-order chi connectivity index (χ0) is 42.8. The van der Waals surface area contributed by atoms with E-state index in [0.29, 0.717) is 0 Å². The van der Waals surface area contributed by atoms with Crippen LogP contribution in [0.5, 0.6) is 0 Å². The van der Waals surface area contributed by atoms with Crippen LogP contribution in [0.25, 0.3) is 116 Å². The van der Waals surface area contributed by atoms with Crippen LogP contribution in [-0.4, -0.2) is 18.7 Å². The smallest absolute Gasteiger partial charge is 0.145 e. The minimum Gasteiger partial charge on any atom is -0.309 e. The third kappa shape index (κ3) is 6.11. The summed E-state index contributed by atoms with van der Waals surface area (Å²) in [6.45, 7) is 0. The summed E-state index contributed by atoms with van der Waals surface area (Å²) in [4.78, 5) is 5.24. The number of nitrogens with zero attached hydrogens (tertiary/aromatic N) is 4. The predicted molar refractivity (Wildman–Crippen MR) is 271 cm³/mol. The molecule has 304 valence electrons. The Labute approximate surface area is 376 Å². The topological polar surface area (TPSA) is 27.7 Å². The number of imidazole rings is 1. The molecule has 13 aromatic rings. The molecule has 0 unspecified atom stereocenters. The molecule has 4 nitrogen and oxygen atoms in total. The van der Waals surface area contributed by atoms with Crippen LogP contribution in [0.4, 0.5) is 0 Å². The number of benzene rings is 10. The van der Waals surface area contributed by atoms with Crippen LogP contribution in [0.1, 0.15) is 0 Å². The fraction of sp³-hybridized carbons (Fsp3) is 0. The molecule has 0 aliphatic rings. The Morgan fingerprint density at radius 1 is 0.231 bits per heavy atom. The van der Waals surface area contributed by atoms with Gasteiger partial charge in [-0.1, -0.05) is 152 Å². The molecule has 0 N–H and O–H groups in total. The first-order valence-corrected chi connectivity index (χ1v) is 22.2. The molecule has 4 heteroatoms. The van der Waals surface area contributed by atoms with Crippen LogP contribution in [0.15, 0.2) is 243 Å². The van der Waals surface area contributed by atoms with E-state index < -0.39 is 0 Å². The van der Waals surface area contributed by atoms with Gasteiger partial charge in [0.1, 0.15) is 5.82 Å². The molecule has 0 radical (unpaired) electrons. The number of para-hydroxylation sites is 7. The van der Waals surface area contributed by atoms with E-state index >= 15 is 0 Å². The number of hydrogen-bond acceptors (Lipinski definition) is 1. The maximum absolute atomic E-state index is 5.24. The van der Waals surface area contributed by atoms with Crippen molar-refractivity contribution < 1.29 is 0 Å². The fourth-order valence-corrected chi connectivity index (χ4v) is 10.1. The van der Waals surface area contributed by atoms with Gasteiger partial charge in [-0.15, -0.1) is 0 Å². The monoisotopic (exact) mass is 828 g/mol. The normalized spacial score (nSPS) is 11.7.